The second kappa shape index (κ2) is 4.64. The van der Waals surface area contributed by atoms with Gasteiger partial charge in [-0.15, -0.1) is 0 Å². The van der Waals surface area contributed by atoms with E-state index in [2.05, 4.69) is 11.8 Å². The molecule has 1 fully saturated rings. The van der Waals surface area contributed by atoms with E-state index >= 15 is 0 Å². The van der Waals surface area contributed by atoms with Crippen LogP contribution in [0.1, 0.15) is 36.5 Å². The third-order valence-corrected chi connectivity index (χ3v) is 2.87. The van der Waals surface area contributed by atoms with E-state index in [1.54, 1.807) is 12.1 Å². The van der Waals surface area contributed by atoms with Crippen LogP contribution >= 0.6 is 0 Å². The third-order valence-electron chi connectivity index (χ3n) is 2.87. The van der Waals surface area contributed by atoms with Gasteiger partial charge in [0.2, 0.25) is 0 Å². The van der Waals surface area contributed by atoms with Crippen molar-refractivity contribution in [2.75, 3.05) is 11.4 Å². The summed E-state index contributed by atoms with van der Waals surface area (Å²) in [5.41, 5.74) is 1.03. The van der Waals surface area contributed by atoms with Crippen LogP contribution in [0.3, 0.4) is 0 Å². The minimum atomic E-state index is -0.287. The Bertz CT molecular complexity index is 388. The van der Waals surface area contributed by atoms with Gasteiger partial charge in [-0.2, -0.15) is 0 Å². The fraction of sp³-hybridized carbons (Fsp3) is 0.462. The molecule has 0 bridgehead atoms. The molecule has 0 aliphatic heterocycles. The standard InChI is InChI=1S/C13H16FNO/c1-2-7-15(11-4-5-11)13-6-3-10(9-16)8-12(13)14/h3,6,8-9,11H,2,4-5,7H2,1H3. The molecular formula is C13H16FNO. The molecule has 0 atom stereocenters. The summed E-state index contributed by atoms with van der Waals surface area (Å²) >= 11 is 0. The maximum atomic E-state index is 13.8. The van der Waals surface area contributed by atoms with Gasteiger partial charge in [-0.25, -0.2) is 4.39 Å². The molecule has 1 saturated carbocycles. The molecule has 2 rings (SSSR count). The molecule has 0 amide bonds. The molecule has 3 heteroatoms. The van der Waals surface area contributed by atoms with Gasteiger partial charge in [0.05, 0.1) is 5.69 Å². The molecule has 0 heterocycles. The van der Waals surface area contributed by atoms with Crippen molar-refractivity contribution in [2.24, 2.45) is 0 Å². The lowest BCUT2D eigenvalue weighted by molar-refractivity contribution is 0.112. The van der Waals surface area contributed by atoms with Gasteiger partial charge in [-0.05, 0) is 37.5 Å². The first-order valence-electron chi connectivity index (χ1n) is 5.77. The molecule has 0 aromatic heterocycles. The van der Waals surface area contributed by atoms with Crippen molar-refractivity contribution in [1.29, 1.82) is 0 Å². The van der Waals surface area contributed by atoms with Crippen LogP contribution in [0, 0.1) is 5.82 Å². The number of hydrogen-bond acceptors (Lipinski definition) is 2. The van der Waals surface area contributed by atoms with Crippen LogP contribution in [0.2, 0.25) is 0 Å². The Balaban J connectivity index is 2.26. The second-order valence-corrected chi connectivity index (χ2v) is 4.25. The number of carbonyl (C=O) groups excluding carboxylic acids is 1. The molecule has 1 aromatic rings. The van der Waals surface area contributed by atoms with Crippen LogP contribution < -0.4 is 4.90 Å². The first-order valence-corrected chi connectivity index (χ1v) is 5.77. The molecule has 0 unspecified atom stereocenters. The summed E-state index contributed by atoms with van der Waals surface area (Å²) in [5, 5.41) is 0. The predicted octanol–water partition coefficient (Wildman–Crippen LogP) is 3.02. The Morgan fingerprint density at radius 1 is 1.50 bits per heavy atom. The fourth-order valence-electron chi connectivity index (χ4n) is 1.96. The van der Waals surface area contributed by atoms with Gasteiger partial charge >= 0.3 is 0 Å². The Morgan fingerprint density at radius 2 is 2.25 bits per heavy atom. The van der Waals surface area contributed by atoms with E-state index in [1.807, 2.05) is 0 Å². The summed E-state index contributed by atoms with van der Waals surface area (Å²) in [6.45, 7) is 2.97. The van der Waals surface area contributed by atoms with Crippen LogP contribution in [0.5, 0.6) is 0 Å². The summed E-state index contributed by atoms with van der Waals surface area (Å²) in [5.74, 6) is -0.287. The minimum Gasteiger partial charge on any atom is -0.366 e. The molecule has 86 valence electrons. The normalized spacial score (nSPS) is 14.9. The lowest BCUT2D eigenvalue weighted by Crippen LogP contribution is -2.27. The largest absolute Gasteiger partial charge is 0.366 e. The molecular weight excluding hydrogens is 205 g/mol. The van der Waals surface area contributed by atoms with Crippen molar-refractivity contribution < 1.29 is 9.18 Å². The second-order valence-electron chi connectivity index (χ2n) is 4.25. The average Bonchev–Trinajstić information content (AvgIpc) is 3.10. The highest BCUT2D eigenvalue weighted by Gasteiger charge is 2.29. The van der Waals surface area contributed by atoms with Crippen LogP contribution in [-0.2, 0) is 0 Å². The summed E-state index contributed by atoms with van der Waals surface area (Å²) < 4.78 is 13.8. The maximum Gasteiger partial charge on any atom is 0.150 e. The lowest BCUT2D eigenvalue weighted by atomic mass is 10.2. The van der Waals surface area contributed by atoms with E-state index in [4.69, 9.17) is 0 Å². The van der Waals surface area contributed by atoms with Crippen molar-refractivity contribution in [3.05, 3.63) is 29.6 Å². The van der Waals surface area contributed by atoms with E-state index in [0.717, 1.165) is 25.8 Å². The Labute approximate surface area is 95.1 Å². The first-order chi connectivity index (χ1) is 7.76. The summed E-state index contributed by atoms with van der Waals surface area (Å²) in [6.07, 6.45) is 3.98. The highest BCUT2D eigenvalue weighted by Crippen LogP contribution is 2.33. The maximum absolute atomic E-state index is 13.8. The third kappa shape index (κ3) is 2.23. The quantitative estimate of drug-likeness (QED) is 0.712. The van der Waals surface area contributed by atoms with E-state index < -0.39 is 0 Å². The van der Waals surface area contributed by atoms with E-state index in [0.29, 0.717) is 23.6 Å². The molecule has 2 nitrogen and oxygen atoms in total. The highest BCUT2D eigenvalue weighted by molar-refractivity contribution is 5.76. The van der Waals surface area contributed by atoms with Crippen molar-refractivity contribution in [1.82, 2.24) is 0 Å². The van der Waals surface area contributed by atoms with Crippen molar-refractivity contribution in [3.8, 4) is 0 Å². The topological polar surface area (TPSA) is 20.3 Å². The molecule has 1 aliphatic rings. The summed E-state index contributed by atoms with van der Waals surface area (Å²) in [6, 6.07) is 5.20. The zero-order chi connectivity index (χ0) is 11.5. The number of carbonyl (C=O) groups is 1. The molecule has 0 N–H and O–H groups in total. The molecule has 1 aromatic carbocycles. The van der Waals surface area contributed by atoms with Crippen LogP contribution in [0.15, 0.2) is 18.2 Å². The monoisotopic (exact) mass is 221 g/mol. The van der Waals surface area contributed by atoms with E-state index in [9.17, 15) is 9.18 Å². The number of hydrogen-bond donors (Lipinski definition) is 0. The number of nitrogens with zero attached hydrogens (tertiary/aromatic N) is 1. The first kappa shape index (κ1) is 11.1. The van der Waals surface area contributed by atoms with E-state index in [1.165, 1.54) is 6.07 Å². The zero-order valence-electron chi connectivity index (χ0n) is 9.45. The van der Waals surface area contributed by atoms with Gasteiger partial charge in [-0.1, -0.05) is 6.92 Å². The van der Waals surface area contributed by atoms with Gasteiger partial charge < -0.3 is 4.90 Å². The summed E-state index contributed by atoms with van der Waals surface area (Å²) in [4.78, 5) is 12.6. The predicted molar refractivity (Wildman–Crippen MR) is 62.4 cm³/mol. The molecule has 0 saturated heterocycles. The Morgan fingerprint density at radius 3 is 2.75 bits per heavy atom. The SMILES string of the molecule is CCCN(c1ccc(C=O)cc1F)C1CC1. The van der Waals surface area contributed by atoms with E-state index in [-0.39, 0.29) is 5.82 Å². The smallest absolute Gasteiger partial charge is 0.150 e. The van der Waals surface area contributed by atoms with Gasteiger partial charge in [0.25, 0.3) is 0 Å². The Hall–Kier alpha value is -1.38. The summed E-state index contributed by atoms with van der Waals surface area (Å²) in [7, 11) is 0. The lowest BCUT2D eigenvalue weighted by Gasteiger charge is -2.24. The van der Waals surface area contributed by atoms with Crippen molar-refractivity contribution in [3.63, 3.8) is 0 Å². The van der Waals surface area contributed by atoms with Crippen molar-refractivity contribution >= 4 is 12.0 Å². The number of halogens is 1. The van der Waals surface area contributed by atoms with Gasteiger partial charge in [0.15, 0.2) is 0 Å². The average molecular weight is 221 g/mol. The van der Waals surface area contributed by atoms with Gasteiger partial charge in [0, 0.05) is 18.2 Å². The number of rotatable bonds is 5. The van der Waals surface area contributed by atoms with Crippen LogP contribution in [0.4, 0.5) is 10.1 Å². The minimum absolute atomic E-state index is 0.287. The molecule has 1 aliphatic carbocycles. The Kier molecular flexibility index (Phi) is 3.22. The number of aldehydes is 1. The molecule has 0 radical (unpaired) electrons. The van der Waals surface area contributed by atoms with Gasteiger partial charge in [-0.3, -0.25) is 4.79 Å². The van der Waals surface area contributed by atoms with Crippen molar-refractivity contribution in [2.45, 2.75) is 32.2 Å². The fourth-order valence-corrected chi connectivity index (χ4v) is 1.96. The zero-order valence-corrected chi connectivity index (χ0v) is 9.45. The molecule has 0 spiro atoms. The van der Waals surface area contributed by atoms with Gasteiger partial charge in [0.1, 0.15) is 12.1 Å². The van der Waals surface area contributed by atoms with Crippen LogP contribution in [-0.4, -0.2) is 18.9 Å². The molecule has 16 heavy (non-hydrogen) atoms. The highest BCUT2D eigenvalue weighted by atomic mass is 19.1. The number of anilines is 1. The number of benzene rings is 1. The van der Waals surface area contributed by atoms with Crippen LogP contribution in [0.25, 0.3) is 0 Å².